The van der Waals surface area contributed by atoms with Crippen molar-refractivity contribution in [1.82, 2.24) is 9.80 Å². The van der Waals surface area contributed by atoms with Crippen molar-refractivity contribution in [3.63, 3.8) is 0 Å². The smallest absolute Gasteiger partial charge is 0.338 e. The second-order valence-corrected chi connectivity index (χ2v) is 10.6. The minimum atomic E-state index is -1.89. The van der Waals surface area contributed by atoms with Gasteiger partial charge in [0.1, 0.15) is 5.82 Å². The van der Waals surface area contributed by atoms with E-state index in [1.165, 1.54) is 39.2 Å². The zero-order chi connectivity index (χ0) is 28.3. The lowest BCUT2D eigenvalue weighted by Crippen LogP contribution is -2.59. The van der Waals surface area contributed by atoms with Crippen LogP contribution in [0.25, 0.3) is 0 Å². The maximum absolute atomic E-state index is 13.6. The molecule has 0 radical (unpaired) electrons. The van der Waals surface area contributed by atoms with Crippen molar-refractivity contribution in [2.45, 2.75) is 96.7 Å². The number of benzene rings is 1. The van der Waals surface area contributed by atoms with Gasteiger partial charge < -0.3 is 24.4 Å². The first-order valence-corrected chi connectivity index (χ1v) is 14.7. The molecule has 1 fully saturated rings. The fraction of sp³-hybridized carbons (Fsp3) is 0.645. The number of carbonyl (C=O) groups excluding carboxylic acids is 3. The lowest BCUT2D eigenvalue weighted by atomic mass is 9.82. The van der Waals surface area contributed by atoms with Gasteiger partial charge in [0, 0.05) is 32.5 Å². The molecular formula is C31H46N2O6. The SMILES string of the molecule is CCCCCCCCCCCC(=O)[C@]1(O)C[C@H](C(=O)OC)C(C(=O)OCC)=C2N(Cc3ccccc3)CCN21. The Labute approximate surface area is 233 Å². The summed E-state index contributed by atoms with van der Waals surface area (Å²) in [5.74, 6) is -2.32. The van der Waals surface area contributed by atoms with Crippen LogP contribution in [-0.2, 0) is 30.4 Å². The number of hydrogen-bond acceptors (Lipinski definition) is 8. The molecule has 0 bridgehead atoms. The number of ether oxygens (including phenoxy) is 2. The summed E-state index contributed by atoms with van der Waals surface area (Å²) in [6.07, 6.45) is 10.1. The molecule has 2 atom stereocenters. The number of methoxy groups -OCH3 is 1. The summed E-state index contributed by atoms with van der Waals surface area (Å²) in [4.78, 5) is 43.3. The molecule has 8 nitrogen and oxygen atoms in total. The van der Waals surface area contributed by atoms with Crippen molar-refractivity contribution in [2.75, 3.05) is 26.8 Å². The molecule has 2 heterocycles. The van der Waals surface area contributed by atoms with Crippen LogP contribution >= 0.6 is 0 Å². The molecule has 0 aromatic heterocycles. The van der Waals surface area contributed by atoms with Gasteiger partial charge in [-0.2, -0.15) is 0 Å². The lowest BCUT2D eigenvalue weighted by Gasteiger charge is -2.45. The molecule has 216 valence electrons. The number of hydrogen-bond donors (Lipinski definition) is 1. The van der Waals surface area contributed by atoms with Gasteiger partial charge in [-0.1, -0.05) is 88.6 Å². The Morgan fingerprint density at radius 1 is 0.949 bits per heavy atom. The van der Waals surface area contributed by atoms with Crippen molar-refractivity contribution in [1.29, 1.82) is 0 Å². The zero-order valence-electron chi connectivity index (χ0n) is 24.0. The summed E-state index contributed by atoms with van der Waals surface area (Å²) < 4.78 is 10.4. The number of Topliss-reactive ketones (excluding diaryl/α,β-unsaturated/α-hetero) is 1. The molecule has 3 rings (SSSR count). The van der Waals surface area contributed by atoms with Gasteiger partial charge in [0.15, 0.2) is 5.78 Å². The Morgan fingerprint density at radius 3 is 2.21 bits per heavy atom. The van der Waals surface area contributed by atoms with E-state index in [0.717, 1.165) is 24.8 Å². The number of unbranched alkanes of at least 4 members (excludes halogenated alkanes) is 8. The number of nitrogens with zero attached hydrogens (tertiary/aromatic N) is 2. The predicted octanol–water partition coefficient (Wildman–Crippen LogP) is 4.95. The summed E-state index contributed by atoms with van der Waals surface area (Å²) in [5, 5.41) is 11.9. The number of esters is 2. The van der Waals surface area contributed by atoms with Gasteiger partial charge in [-0.15, -0.1) is 0 Å². The largest absolute Gasteiger partial charge is 0.469 e. The van der Waals surface area contributed by atoms with Crippen molar-refractivity contribution in [3.05, 3.63) is 47.3 Å². The molecule has 0 amide bonds. The average Bonchev–Trinajstić information content (AvgIpc) is 3.36. The van der Waals surface area contributed by atoms with E-state index in [9.17, 15) is 19.5 Å². The van der Waals surface area contributed by atoms with Crippen molar-refractivity contribution in [3.8, 4) is 0 Å². The molecule has 0 aliphatic carbocycles. The van der Waals surface area contributed by atoms with Crippen molar-refractivity contribution < 1.29 is 29.0 Å². The quantitative estimate of drug-likeness (QED) is 0.232. The molecule has 39 heavy (non-hydrogen) atoms. The van der Waals surface area contributed by atoms with E-state index < -0.39 is 23.6 Å². The Morgan fingerprint density at radius 2 is 1.59 bits per heavy atom. The molecule has 8 heteroatoms. The van der Waals surface area contributed by atoms with E-state index in [1.807, 2.05) is 35.2 Å². The van der Waals surface area contributed by atoms with Crippen LogP contribution in [-0.4, -0.2) is 65.2 Å². The minimum absolute atomic E-state index is 0.143. The van der Waals surface area contributed by atoms with Gasteiger partial charge in [-0.05, 0) is 18.9 Å². The van der Waals surface area contributed by atoms with E-state index in [4.69, 9.17) is 9.47 Å². The van der Waals surface area contributed by atoms with Gasteiger partial charge in [-0.3, -0.25) is 9.59 Å². The van der Waals surface area contributed by atoms with Crippen LogP contribution in [0.4, 0.5) is 0 Å². The average molecular weight is 543 g/mol. The number of fused-ring (bicyclic) bond motifs is 1. The number of ketones is 1. The monoisotopic (exact) mass is 542 g/mol. The zero-order valence-corrected chi connectivity index (χ0v) is 24.0. The van der Waals surface area contributed by atoms with Crippen LogP contribution in [0.1, 0.15) is 90.0 Å². The number of aliphatic hydroxyl groups is 1. The maximum Gasteiger partial charge on any atom is 0.338 e. The first-order chi connectivity index (χ1) is 18.9. The third-order valence-electron chi connectivity index (χ3n) is 7.82. The third-order valence-corrected chi connectivity index (χ3v) is 7.82. The van der Waals surface area contributed by atoms with E-state index in [2.05, 4.69) is 6.92 Å². The minimum Gasteiger partial charge on any atom is -0.469 e. The van der Waals surface area contributed by atoms with Crippen LogP contribution in [0, 0.1) is 5.92 Å². The molecule has 1 aromatic rings. The van der Waals surface area contributed by atoms with Crippen LogP contribution in [0.5, 0.6) is 0 Å². The topological polar surface area (TPSA) is 96.4 Å². The summed E-state index contributed by atoms with van der Waals surface area (Å²) >= 11 is 0. The van der Waals surface area contributed by atoms with Gasteiger partial charge in [-0.25, -0.2) is 4.79 Å². The van der Waals surface area contributed by atoms with E-state index >= 15 is 0 Å². The van der Waals surface area contributed by atoms with Crippen LogP contribution in [0.15, 0.2) is 41.7 Å². The molecule has 2 aliphatic rings. The van der Waals surface area contributed by atoms with E-state index in [0.29, 0.717) is 31.9 Å². The predicted molar refractivity (Wildman–Crippen MR) is 149 cm³/mol. The fourth-order valence-electron chi connectivity index (χ4n) is 5.74. The molecule has 0 unspecified atom stereocenters. The second-order valence-electron chi connectivity index (χ2n) is 10.6. The highest BCUT2D eigenvalue weighted by Crippen LogP contribution is 2.44. The highest BCUT2D eigenvalue weighted by Gasteiger charge is 2.56. The summed E-state index contributed by atoms with van der Waals surface area (Å²) in [6.45, 7) is 5.38. The maximum atomic E-state index is 13.6. The lowest BCUT2D eigenvalue weighted by molar-refractivity contribution is -0.170. The third kappa shape index (κ3) is 7.62. The normalized spacial score (nSPS) is 20.7. The van der Waals surface area contributed by atoms with Gasteiger partial charge in [0.25, 0.3) is 0 Å². The van der Waals surface area contributed by atoms with Gasteiger partial charge >= 0.3 is 11.9 Å². The van der Waals surface area contributed by atoms with Crippen LogP contribution in [0.2, 0.25) is 0 Å². The highest BCUT2D eigenvalue weighted by atomic mass is 16.5. The van der Waals surface area contributed by atoms with Crippen LogP contribution < -0.4 is 0 Å². The van der Waals surface area contributed by atoms with Gasteiger partial charge in [0.2, 0.25) is 5.72 Å². The van der Waals surface area contributed by atoms with E-state index in [-0.39, 0.29) is 30.8 Å². The van der Waals surface area contributed by atoms with Gasteiger partial charge in [0.05, 0.1) is 25.2 Å². The molecule has 1 aromatic carbocycles. The first-order valence-electron chi connectivity index (χ1n) is 14.7. The molecule has 2 aliphatic heterocycles. The fourth-order valence-corrected chi connectivity index (χ4v) is 5.74. The Hall–Kier alpha value is -2.87. The molecule has 0 saturated carbocycles. The summed E-state index contributed by atoms with van der Waals surface area (Å²) in [6, 6.07) is 9.77. The highest BCUT2D eigenvalue weighted by molar-refractivity contribution is 5.98. The Bertz CT molecular complexity index is 994. The standard InChI is InChI=1S/C31H46N2O6/c1-4-6-7-8-9-10-11-12-16-19-26(34)31(37)22-25(29(35)38-3)27(30(36)39-5-2)28-32(20-21-33(28)31)23-24-17-14-13-15-18-24/h13-15,17-18,25,37H,4-12,16,19-23H2,1-3H3/t25-,31+/m0/s1. The van der Waals surface area contributed by atoms with E-state index in [1.54, 1.807) is 11.8 Å². The summed E-state index contributed by atoms with van der Waals surface area (Å²) in [7, 11) is 1.25. The molecule has 1 saturated heterocycles. The number of carbonyl (C=O) groups is 3. The van der Waals surface area contributed by atoms with Crippen molar-refractivity contribution >= 4 is 17.7 Å². The Kier molecular flexibility index (Phi) is 11.8. The van der Waals surface area contributed by atoms with Crippen LogP contribution in [0.3, 0.4) is 0 Å². The summed E-state index contributed by atoms with van der Waals surface area (Å²) in [5.41, 5.74) is -0.729. The second kappa shape index (κ2) is 15.1. The first kappa shape index (κ1) is 30.7. The number of rotatable bonds is 16. The van der Waals surface area contributed by atoms with Crippen molar-refractivity contribution in [2.24, 2.45) is 5.92 Å². The molecule has 1 N–H and O–H groups in total. The molecular weight excluding hydrogens is 496 g/mol. The Balaban J connectivity index is 1.80. The molecule has 0 spiro atoms.